The fourth-order valence-corrected chi connectivity index (χ4v) is 5.76. The van der Waals surface area contributed by atoms with E-state index in [0.29, 0.717) is 5.75 Å². The lowest BCUT2D eigenvalue weighted by atomic mass is 10.0. The minimum Gasteiger partial charge on any atom is -0.508 e. The van der Waals surface area contributed by atoms with E-state index >= 15 is 0 Å². The van der Waals surface area contributed by atoms with Gasteiger partial charge in [0.25, 0.3) is 0 Å². The fourth-order valence-electron chi connectivity index (χ4n) is 3.64. The van der Waals surface area contributed by atoms with Crippen molar-refractivity contribution in [1.82, 2.24) is 9.97 Å². The van der Waals surface area contributed by atoms with Gasteiger partial charge in [-0.2, -0.15) is 0 Å². The monoisotopic (exact) mass is 702 g/mol. The topological polar surface area (TPSA) is 78.4 Å². The van der Waals surface area contributed by atoms with Gasteiger partial charge in [0.1, 0.15) is 23.1 Å². The molecule has 0 saturated carbocycles. The largest absolute Gasteiger partial charge is 0.508 e. The molecule has 0 saturated heterocycles. The number of rotatable bonds is 9. The highest BCUT2D eigenvalue weighted by atomic mass is 127. The smallest absolute Gasteiger partial charge is 0.154 e. The second-order valence-electron chi connectivity index (χ2n) is 7.84. The van der Waals surface area contributed by atoms with Gasteiger partial charge in [-0.05, 0) is 130 Å². The van der Waals surface area contributed by atoms with Crippen LogP contribution in [0.1, 0.15) is 28.9 Å². The maximum Gasteiger partial charge on any atom is 0.154 e. The van der Waals surface area contributed by atoms with Gasteiger partial charge in [-0.3, -0.25) is 0 Å². The van der Waals surface area contributed by atoms with Gasteiger partial charge in [0.05, 0.1) is 7.14 Å². The van der Waals surface area contributed by atoms with Crippen molar-refractivity contribution in [2.24, 2.45) is 0 Å². The minimum atomic E-state index is 0. The summed E-state index contributed by atoms with van der Waals surface area (Å²) in [6.45, 7) is 0. The lowest BCUT2D eigenvalue weighted by Gasteiger charge is -2.14. The number of aromatic nitrogens is 2. The van der Waals surface area contributed by atoms with Crippen molar-refractivity contribution in [3.05, 3.63) is 96.6 Å². The highest BCUT2D eigenvalue weighted by Crippen LogP contribution is 2.35. The Bertz CT molecular complexity index is 1190. The lowest BCUT2D eigenvalue weighted by molar-refractivity contribution is 0.454. The molecule has 3 aromatic carbocycles. The molecule has 4 rings (SSSR count). The molecule has 0 radical (unpaired) electrons. The summed E-state index contributed by atoms with van der Waals surface area (Å²) in [5, 5.41) is 19.7. The highest BCUT2D eigenvalue weighted by Gasteiger charge is 2.12. The Morgan fingerprint density at radius 3 is 2.24 bits per heavy atom. The third kappa shape index (κ3) is 7.26. The molecule has 0 unspecified atom stereocenters. The second kappa shape index (κ2) is 12.6. The summed E-state index contributed by atoms with van der Waals surface area (Å²) in [5.74, 6) is 3.09. The zero-order valence-electron chi connectivity index (χ0n) is 18.3. The molecule has 1 heterocycles. The van der Waals surface area contributed by atoms with E-state index in [1.807, 2.05) is 24.4 Å². The average molecular weight is 703 g/mol. The molecule has 3 N–H and O–H groups in total. The Labute approximate surface area is 232 Å². The number of nitrogens with zero attached hydrogens (tertiary/aromatic N) is 1. The van der Waals surface area contributed by atoms with E-state index < -0.39 is 0 Å². The van der Waals surface area contributed by atoms with Gasteiger partial charge < -0.3 is 19.9 Å². The number of nitrogens with one attached hydrogen (secondary N) is 1. The molecule has 5 nitrogen and oxygen atoms in total. The average Bonchev–Trinajstić information content (AvgIpc) is 3.32. The summed E-state index contributed by atoms with van der Waals surface area (Å²) in [5.41, 5.74) is 3.27. The first-order valence-corrected chi connectivity index (χ1v) is 12.9. The number of halogens is 3. The van der Waals surface area contributed by atoms with Crippen LogP contribution in [0.5, 0.6) is 23.0 Å². The normalized spacial score (nSPS) is 10.6. The zero-order chi connectivity index (χ0) is 23.2. The maximum absolute atomic E-state index is 10.3. The summed E-state index contributed by atoms with van der Waals surface area (Å²) in [4.78, 5) is 7.44. The standard InChI is InChI=1S/C26H24I2N2O3.ClH/c27-22-14-18(6-11-25-29-12-13-30-25)15-23(28)26(22)33-21-9-10-24(32)19(16-21)3-1-2-17-4-7-20(31)8-5-17;/h4-5,7-10,12-16,31-32H,1-3,6,11H2,(H,29,30);1H. The van der Waals surface area contributed by atoms with Gasteiger partial charge in [0, 0.05) is 18.8 Å². The first kappa shape index (κ1) is 26.6. The fraction of sp³-hybridized carbons (Fsp3) is 0.192. The number of imidazole rings is 1. The molecular formula is C26H25ClI2N2O3. The van der Waals surface area contributed by atoms with E-state index in [0.717, 1.165) is 61.9 Å². The number of benzene rings is 3. The Balaban J connectivity index is 0.00000324. The SMILES string of the molecule is Cl.Oc1ccc(CCCc2cc(Oc3c(I)cc(CCc4ncc[nH]4)cc3I)ccc2O)cc1. The van der Waals surface area contributed by atoms with Crippen LogP contribution >= 0.6 is 57.6 Å². The molecule has 34 heavy (non-hydrogen) atoms. The second-order valence-corrected chi connectivity index (χ2v) is 10.2. The van der Waals surface area contributed by atoms with Gasteiger partial charge >= 0.3 is 0 Å². The van der Waals surface area contributed by atoms with E-state index in [2.05, 4.69) is 67.3 Å². The van der Waals surface area contributed by atoms with Gasteiger partial charge in [-0.1, -0.05) is 12.1 Å². The molecule has 1 aromatic heterocycles. The predicted molar refractivity (Wildman–Crippen MR) is 153 cm³/mol. The van der Waals surface area contributed by atoms with E-state index in [-0.39, 0.29) is 23.9 Å². The first-order chi connectivity index (χ1) is 16.0. The number of H-pyrrole nitrogens is 1. The number of ether oxygens (including phenoxy) is 1. The molecule has 0 bridgehead atoms. The van der Waals surface area contributed by atoms with Crippen molar-refractivity contribution >= 4 is 57.6 Å². The van der Waals surface area contributed by atoms with Crippen LogP contribution in [0.15, 0.2) is 67.0 Å². The summed E-state index contributed by atoms with van der Waals surface area (Å²) >= 11 is 4.64. The molecule has 0 atom stereocenters. The van der Waals surface area contributed by atoms with Crippen molar-refractivity contribution in [1.29, 1.82) is 0 Å². The number of hydrogen-bond acceptors (Lipinski definition) is 4. The van der Waals surface area contributed by atoms with Gasteiger partial charge in [-0.25, -0.2) is 4.98 Å². The molecule has 0 aliphatic rings. The van der Waals surface area contributed by atoms with Gasteiger partial charge in [0.2, 0.25) is 0 Å². The number of phenols is 2. The summed E-state index contributed by atoms with van der Waals surface area (Å²) in [6.07, 6.45) is 7.90. The maximum atomic E-state index is 10.3. The predicted octanol–water partition coefficient (Wildman–Crippen LogP) is 7.20. The van der Waals surface area contributed by atoms with Crippen molar-refractivity contribution in [3.8, 4) is 23.0 Å². The molecule has 4 aromatic rings. The summed E-state index contributed by atoms with van der Waals surface area (Å²) < 4.78 is 8.35. The minimum absolute atomic E-state index is 0. The third-order valence-electron chi connectivity index (χ3n) is 5.38. The van der Waals surface area contributed by atoms with Crippen LogP contribution in [0.2, 0.25) is 0 Å². The first-order valence-electron chi connectivity index (χ1n) is 10.7. The van der Waals surface area contributed by atoms with Crippen LogP contribution in [-0.2, 0) is 25.7 Å². The number of aromatic hydroxyl groups is 2. The van der Waals surface area contributed by atoms with Gasteiger partial charge in [0.15, 0.2) is 5.75 Å². The summed E-state index contributed by atoms with van der Waals surface area (Å²) in [7, 11) is 0. The van der Waals surface area contributed by atoms with Gasteiger partial charge in [-0.15, -0.1) is 12.4 Å². The molecule has 178 valence electrons. The summed E-state index contributed by atoms with van der Waals surface area (Å²) in [6, 6.07) is 17.0. The van der Waals surface area contributed by atoms with Crippen LogP contribution in [0.25, 0.3) is 0 Å². The highest BCUT2D eigenvalue weighted by molar-refractivity contribution is 14.1. The van der Waals surface area contributed by atoms with Crippen LogP contribution in [0.4, 0.5) is 0 Å². The Hall–Kier alpha value is -1.98. The van der Waals surface area contributed by atoms with Crippen molar-refractivity contribution in [3.63, 3.8) is 0 Å². The lowest BCUT2D eigenvalue weighted by Crippen LogP contribution is -1.98. The van der Waals surface area contributed by atoms with Crippen LogP contribution in [0, 0.1) is 7.14 Å². The molecule has 0 fully saturated rings. The Morgan fingerprint density at radius 2 is 1.56 bits per heavy atom. The van der Waals surface area contributed by atoms with Crippen molar-refractivity contribution in [2.45, 2.75) is 32.1 Å². The van der Waals surface area contributed by atoms with Crippen LogP contribution in [0.3, 0.4) is 0 Å². The number of aryl methyl sites for hydroxylation is 4. The van der Waals surface area contributed by atoms with Crippen LogP contribution in [-0.4, -0.2) is 20.2 Å². The molecule has 8 heteroatoms. The van der Waals surface area contributed by atoms with Crippen molar-refractivity contribution in [2.75, 3.05) is 0 Å². The number of phenolic OH excluding ortho intramolecular Hbond substituents is 2. The van der Waals surface area contributed by atoms with E-state index in [1.54, 1.807) is 30.5 Å². The molecule has 0 aliphatic heterocycles. The quantitative estimate of drug-likeness (QED) is 0.161. The molecule has 0 amide bonds. The third-order valence-corrected chi connectivity index (χ3v) is 6.98. The van der Waals surface area contributed by atoms with Crippen LogP contribution < -0.4 is 4.74 Å². The zero-order valence-corrected chi connectivity index (χ0v) is 23.4. The van der Waals surface area contributed by atoms with E-state index in [4.69, 9.17) is 4.74 Å². The number of aromatic amines is 1. The molecule has 0 aliphatic carbocycles. The Kier molecular flexibility index (Phi) is 9.90. The van der Waals surface area contributed by atoms with E-state index in [9.17, 15) is 10.2 Å². The van der Waals surface area contributed by atoms with E-state index in [1.165, 1.54) is 5.56 Å². The molecule has 0 spiro atoms. The van der Waals surface area contributed by atoms with Crippen molar-refractivity contribution < 1.29 is 14.9 Å². The number of hydrogen-bond donors (Lipinski definition) is 3. The molecular weight excluding hydrogens is 678 g/mol. The Morgan fingerprint density at radius 1 is 0.824 bits per heavy atom.